The number of nitrogens with one attached hydrogen (secondary N) is 2. The van der Waals surface area contributed by atoms with Gasteiger partial charge >= 0.3 is 0 Å². The minimum absolute atomic E-state index is 0.143. The SMILES string of the molecule is Cc1nn(C)c(C)c1/C=C/C(=O)NNC(=O)c1ccccc1F. The lowest BCUT2D eigenvalue weighted by Crippen LogP contribution is -2.41. The summed E-state index contributed by atoms with van der Waals surface area (Å²) in [4.78, 5) is 23.5. The number of hydrogen-bond acceptors (Lipinski definition) is 3. The second-order valence-electron chi connectivity index (χ2n) is 4.96. The molecule has 23 heavy (non-hydrogen) atoms. The summed E-state index contributed by atoms with van der Waals surface area (Å²) in [6, 6.07) is 5.51. The van der Waals surface area contributed by atoms with Gasteiger partial charge in [0.25, 0.3) is 11.8 Å². The van der Waals surface area contributed by atoms with Crippen LogP contribution in [0.1, 0.15) is 27.3 Å². The standard InChI is InChI=1S/C16H17FN4O2/c1-10-12(11(2)21(3)20-10)8-9-15(22)18-19-16(23)13-6-4-5-7-14(13)17/h4-9H,1-3H3,(H,18,22)(H,19,23)/b9-8+. The Balaban J connectivity index is 1.96. The maximum Gasteiger partial charge on any atom is 0.272 e. The first-order chi connectivity index (χ1) is 10.9. The average Bonchev–Trinajstić information content (AvgIpc) is 2.76. The van der Waals surface area contributed by atoms with Crippen molar-refractivity contribution in [3.8, 4) is 0 Å². The van der Waals surface area contributed by atoms with Crippen molar-refractivity contribution in [2.24, 2.45) is 7.05 Å². The number of halogens is 1. The number of benzene rings is 1. The predicted molar refractivity (Wildman–Crippen MR) is 83.7 cm³/mol. The van der Waals surface area contributed by atoms with Crippen LogP contribution in [0.5, 0.6) is 0 Å². The highest BCUT2D eigenvalue weighted by Crippen LogP contribution is 2.13. The second kappa shape index (κ2) is 6.87. The molecule has 0 saturated carbocycles. The molecule has 0 aliphatic rings. The summed E-state index contributed by atoms with van der Waals surface area (Å²) in [6.07, 6.45) is 2.89. The Labute approximate surface area is 133 Å². The van der Waals surface area contributed by atoms with E-state index in [-0.39, 0.29) is 5.56 Å². The highest BCUT2D eigenvalue weighted by molar-refractivity contribution is 5.98. The summed E-state index contributed by atoms with van der Waals surface area (Å²) in [6.45, 7) is 3.72. The van der Waals surface area contributed by atoms with Gasteiger partial charge < -0.3 is 0 Å². The van der Waals surface area contributed by atoms with E-state index in [1.54, 1.807) is 10.8 Å². The van der Waals surface area contributed by atoms with Gasteiger partial charge in [0.2, 0.25) is 0 Å². The number of amides is 2. The number of rotatable bonds is 3. The van der Waals surface area contributed by atoms with Crippen LogP contribution >= 0.6 is 0 Å². The van der Waals surface area contributed by atoms with Gasteiger partial charge in [0, 0.05) is 24.4 Å². The number of hydrazine groups is 1. The molecule has 2 amide bonds. The lowest BCUT2D eigenvalue weighted by Gasteiger charge is -2.05. The Morgan fingerprint density at radius 2 is 1.91 bits per heavy atom. The summed E-state index contributed by atoms with van der Waals surface area (Å²) in [5.74, 6) is -1.91. The number of aromatic nitrogens is 2. The molecular weight excluding hydrogens is 299 g/mol. The largest absolute Gasteiger partial charge is 0.272 e. The van der Waals surface area contributed by atoms with Gasteiger partial charge in [-0.3, -0.25) is 25.1 Å². The van der Waals surface area contributed by atoms with Crippen LogP contribution in [0.15, 0.2) is 30.3 Å². The van der Waals surface area contributed by atoms with Crippen molar-refractivity contribution in [3.63, 3.8) is 0 Å². The number of carbonyl (C=O) groups excluding carboxylic acids is 2. The molecule has 0 aliphatic heterocycles. The smallest absolute Gasteiger partial charge is 0.272 e. The van der Waals surface area contributed by atoms with E-state index in [0.29, 0.717) is 0 Å². The van der Waals surface area contributed by atoms with E-state index in [1.165, 1.54) is 30.3 Å². The van der Waals surface area contributed by atoms with Gasteiger partial charge in [-0.2, -0.15) is 5.10 Å². The lowest BCUT2D eigenvalue weighted by molar-refractivity contribution is -0.117. The van der Waals surface area contributed by atoms with Crippen LogP contribution in [-0.2, 0) is 11.8 Å². The first-order valence-corrected chi connectivity index (χ1v) is 6.93. The van der Waals surface area contributed by atoms with E-state index in [0.717, 1.165) is 17.0 Å². The third-order valence-corrected chi connectivity index (χ3v) is 3.38. The topological polar surface area (TPSA) is 76.0 Å². The fourth-order valence-electron chi connectivity index (χ4n) is 2.06. The van der Waals surface area contributed by atoms with Gasteiger partial charge in [0.05, 0.1) is 11.3 Å². The third-order valence-electron chi connectivity index (χ3n) is 3.38. The number of carbonyl (C=O) groups is 2. The molecule has 0 unspecified atom stereocenters. The number of nitrogens with zero attached hydrogens (tertiary/aromatic N) is 2. The van der Waals surface area contributed by atoms with Crippen LogP contribution in [0.25, 0.3) is 6.08 Å². The molecule has 2 rings (SSSR count). The molecule has 1 aromatic carbocycles. The Hall–Kier alpha value is -2.96. The molecule has 0 fully saturated rings. The highest BCUT2D eigenvalue weighted by Gasteiger charge is 2.11. The summed E-state index contributed by atoms with van der Waals surface area (Å²) in [5, 5.41) is 4.23. The lowest BCUT2D eigenvalue weighted by atomic mass is 10.2. The van der Waals surface area contributed by atoms with Crippen molar-refractivity contribution < 1.29 is 14.0 Å². The summed E-state index contributed by atoms with van der Waals surface area (Å²) >= 11 is 0. The van der Waals surface area contributed by atoms with Crippen LogP contribution in [0.3, 0.4) is 0 Å². The Kier molecular flexibility index (Phi) is 4.90. The molecule has 120 valence electrons. The average molecular weight is 316 g/mol. The fourth-order valence-corrected chi connectivity index (χ4v) is 2.06. The Morgan fingerprint density at radius 1 is 1.22 bits per heavy atom. The van der Waals surface area contributed by atoms with Gasteiger partial charge in [0.15, 0.2) is 0 Å². The van der Waals surface area contributed by atoms with Crippen molar-refractivity contribution >= 4 is 17.9 Å². The van der Waals surface area contributed by atoms with E-state index in [4.69, 9.17) is 0 Å². The van der Waals surface area contributed by atoms with E-state index in [1.807, 2.05) is 20.9 Å². The maximum atomic E-state index is 13.4. The Morgan fingerprint density at radius 3 is 2.52 bits per heavy atom. The molecule has 2 N–H and O–H groups in total. The molecule has 0 spiro atoms. The van der Waals surface area contributed by atoms with Crippen LogP contribution < -0.4 is 10.9 Å². The normalized spacial score (nSPS) is 10.8. The van der Waals surface area contributed by atoms with Gasteiger partial charge in [0.1, 0.15) is 5.82 Å². The minimum Gasteiger partial charge on any atom is -0.272 e. The summed E-state index contributed by atoms with van der Waals surface area (Å²) < 4.78 is 15.1. The van der Waals surface area contributed by atoms with Gasteiger partial charge in [-0.15, -0.1) is 0 Å². The zero-order valence-corrected chi connectivity index (χ0v) is 13.1. The molecule has 1 heterocycles. The molecule has 0 atom stereocenters. The molecule has 0 aliphatic carbocycles. The first kappa shape index (κ1) is 16.4. The molecule has 6 nitrogen and oxygen atoms in total. The highest BCUT2D eigenvalue weighted by atomic mass is 19.1. The zero-order chi connectivity index (χ0) is 17.0. The monoisotopic (exact) mass is 316 g/mol. The van der Waals surface area contributed by atoms with Crippen LogP contribution in [0.4, 0.5) is 4.39 Å². The molecule has 0 bridgehead atoms. The van der Waals surface area contributed by atoms with Crippen molar-refractivity contribution in [1.29, 1.82) is 0 Å². The molecule has 0 saturated heterocycles. The van der Waals surface area contributed by atoms with Crippen molar-refractivity contribution in [2.75, 3.05) is 0 Å². The quantitative estimate of drug-likeness (QED) is 0.668. The van der Waals surface area contributed by atoms with Crippen molar-refractivity contribution in [3.05, 3.63) is 58.7 Å². The fraction of sp³-hybridized carbons (Fsp3) is 0.188. The van der Waals surface area contributed by atoms with E-state index < -0.39 is 17.6 Å². The van der Waals surface area contributed by atoms with Crippen LogP contribution in [0, 0.1) is 19.7 Å². The number of hydrogen-bond donors (Lipinski definition) is 2. The van der Waals surface area contributed by atoms with Crippen LogP contribution in [0.2, 0.25) is 0 Å². The van der Waals surface area contributed by atoms with Gasteiger partial charge in [-0.1, -0.05) is 12.1 Å². The maximum absolute atomic E-state index is 13.4. The minimum atomic E-state index is -0.724. The van der Waals surface area contributed by atoms with E-state index in [2.05, 4.69) is 16.0 Å². The molecule has 1 aromatic heterocycles. The van der Waals surface area contributed by atoms with Crippen LogP contribution in [-0.4, -0.2) is 21.6 Å². The predicted octanol–water partition coefficient (Wildman–Crippen LogP) is 1.65. The molecule has 7 heteroatoms. The summed E-state index contributed by atoms with van der Waals surface area (Å²) in [7, 11) is 1.81. The van der Waals surface area contributed by atoms with Gasteiger partial charge in [-0.25, -0.2) is 4.39 Å². The second-order valence-corrected chi connectivity index (χ2v) is 4.96. The van der Waals surface area contributed by atoms with E-state index in [9.17, 15) is 14.0 Å². The number of aryl methyl sites for hydroxylation is 2. The molecule has 2 aromatic rings. The zero-order valence-electron chi connectivity index (χ0n) is 13.1. The van der Waals surface area contributed by atoms with Crippen molar-refractivity contribution in [2.45, 2.75) is 13.8 Å². The van der Waals surface area contributed by atoms with Gasteiger partial charge in [-0.05, 0) is 32.1 Å². The Bertz CT molecular complexity index is 780. The molecular formula is C16H17FN4O2. The van der Waals surface area contributed by atoms with E-state index >= 15 is 0 Å². The van der Waals surface area contributed by atoms with Crippen molar-refractivity contribution in [1.82, 2.24) is 20.6 Å². The summed E-state index contributed by atoms with van der Waals surface area (Å²) in [5.41, 5.74) is 6.77. The third kappa shape index (κ3) is 3.82. The molecule has 0 radical (unpaired) electrons. The first-order valence-electron chi connectivity index (χ1n) is 6.93.